The monoisotopic (exact) mass is 269 g/mol. The summed E-state index contributed by atoms with van der Waals surface area (Å²) < 4.78 is 11.6. The van der Waals surface area contributed by atoms with Gasteiger partial charge in [-0.2, -0.15) is 5.06 Å². The van der Waals surface area contributed by atoms with Crippen LogP contribution in [-0.2, 0) is 23.7 Å². The van der Waals surface area contributed by atoms with Crippen LogP contribution in [0.2, 0.25) is 0 Å². The molecule has 106 valence electrons. The van der Waals surface area contributed by atoms with Gasteiger partial charge in [-0.25, -0.2) is 0 Å². The van der Waals surface area contributed by atoms with E-state index in [0.717, 1.165) is 5.06 Å². The van der Waals surface area contributed by atoms with Crippen LogP contribution in [0.5, 0.6) is 0 Å². The number of carbonyl (C=O) groups is 2. The Labute approximate surface area is 113 Å². The third-order valence-corrected chi connectivity index (χ3v) is 3.93. The van der Waals surface area contributed by atoms with E-state index in [1.165, 1.54) is 0 Å². The number of hydrogen-bond donors (Lipinski definition) is 0. The van der Waals surface area contributed by atoms with Gasteiger partial charge in [0, 0.05) is 12.8 Å². The molecule has 0 aromatic heterocycles. The van der Waals surface area contributed by atoms with Crippen LogP contribution in [0, 0.1) is 0 Å². The average Bonchev–Trinajstić information content (AvgIpc) is 2.69. The van der Waals surface area contributed by atoms with Gasteiger partial charge < -0.3 is 9.31 Å². The summed E-state index contributed by atoms with van der Waals surface area (Å²) in [5.74, 6) is -0.623. The lowest BCUT2D eigenvalue weighted by atomic mass is 9.82. The minimum absolute atomic E-state index is 0.203. The van der Waals surface area contributed by atoms with Crippen LogP contribution < -0.4 is 0 Å². The topological polar surface area (TPSA) is 65.1 Å². The van der Waals surface area contributed by atoms with Gasteiger partial charge in [0.25, 0.3) is 11.8 Å². The van der Waals surface area contributed by atoms with E-state index in [9.17, 15) is 9.59 Å². The minimum atomic E-state index is -0.605. The average molecular weight is 269 g/mol. The third-order valence-electron chi connectivity index (χ3n) is 3.93. The van der Waals surface area contributed by atoms with Crippen LogP contribution in [0.15, 0.2) is 0 Å². The Morgan fingerprint density at radius 2 is 1.53 bits per heavy atom. The number of hydrogen-bond acceptors (Lipinski definition) is 5. The van der Waals surface area contributed by atoms with Gasteiger partial charge >= 0.3 is 7.12 Å². The number of amides is 2. The molecule has 19 heavy (non-hydrogen) atoms. The van der Waals surface area contributed by atoms with Crippen molar-refractivity contribution in [1.29, 1.82) is 0 Å². The normalized spacial score (nSPS) is 27.2. The molecule has 0 spiro atoms. The lowest BCUT2D eigenvalue weighted by molar-refractivity contribution is -0.193. The predicted octanol–water partition coefficient (Wildman–Crippen LogP) is 1.09. The number of rotatable bonds is 3. The summed E-state index contributed by atoms with van der Waals surface area (Å²) >= 11 is 0. The number of carbonyl (C=O) groups excluding carboxylic acids is 2. The second kappa shape index (κ2) is 4.57. The van der Waals surface area contributed by atoms with E-state index in [-0.39, 0.29) is 24.7 Å². The molecule has 6 nitrogen and oxygen atoms in total. The Morgan fingerprint density at radius 1 is 1.11 bits per heavy atom. The molecule has 0 N–H and O–H groups in total. The van der Waals surface area contributed by atoms with Crippen LogP contribution in [0.25, 0.3) is 0 Å². The van der Waals surface area contributed by atoms with Crippen LogP contribution in [0.1, 0.15) is 47.5 Å². The highest BCUT2D eigenvalue weighted by molar-refractivity contribution is 6.47. The molecule has 0 aromatic carbocycles. The van der Waals surface area contributed by atoms with Gasteiger partial charge in [0.15, 0.2) is 0 Å². The standard InChI is InChI=1S/C12H20BNO5/c1-8(17-14-9(15)6-7-10(14)16)13-18-11(2,3)12(4,5)19-13/h8H,6-7H2,1-5H3. The van der Waals surface area contributed by atoms with Crippen molar-refractivity contribution in [1.82, 2.24) is 5.06 Å². The zero-order valence-electron chi connectivity index (χ0n) is 12.1. The largest absolute Gasteiger partial charge is 0.491 e. The van der Waals surface area contributed by atoms with Gasteiger partial charge in [-0.3, -0.25) is 14.4 Å². The molecular weight excluding hydrogens is 249 g/mol. The second-order valence-electron chi connectivity index (χ2n) is 6.02. The number of hydroxylamine groups is 2. The molecule has 2 aliphatic rings. The summed E-state index contributed by atoms with van der Waals surface area (Å²) in [7, 11) is -0.605. The Bertz CT molecular complexity index is 377. The van der Waals surface area contributed by atoms with Gasteiger partial charge in [0.2, 0.25) is 0 Å². The van der Waals surface area contributed by atoms with Gasteiger partial charge in [0.05, 0.1) is 11.2 Å². The van der Waals surface area contributed by atoms with Crippen molar-refractivity contribution in [3.8, 4) is 0 Å². The first-order valence-corrected chi connectivity index (χ1v) is 6.52. The third kappa shape index (κ3) is 2.54. The fraction of sp³-hybridized carbons (Fsp3) is 0.833. The SMILES string of the molecule is CC(ON1C(=O)CCC1=O)B1OC(C)(C)C(C)(C)O1. The smallest absolute Gasteiger partial charge is 0.401 e. The molecule has 7 heteroatoms. The Balaban J connectivity index is 2.00. The van der Waals surface area contributed by atoms with Crippen molar-refractivity contribution in [3.63, 3.8) is 0 Å². The molecule has 0 aromatic rings. The molecular formula is C12H20BNO5. The highest BCUT2D eigenvalue weighted by Crippen LogP contribution is 2.38. The fourth-order valence-electron chi connectivity index (χ4n) is 1.97. The van der Waals surface area contributed by atoms with Gasteiger partial charge in [-0.15, -0.1) is 0 Å². The summed E-state index contributed by atoms with van der Waals surface area (Å²) in [6, 6.07) is -0.535. The zero-order chi connectivity index (χ0) is 14.4. The molecule has 0 aliphatic carbocycles. The molecule has 2 fully saturated rings. The minimum Gasteiger partial charge on any atom is -0.401 e. The molecule has 0 radical (unpaired) electrons. The van der Waals surface area contributed by atoms with Crippen molar-refractivity contribution in [2.24, 2.45) is 0 Å². The van der Waals surface area contributed by atoms with Crippen molar-refractivity contribution in [3.05, 3.63) is 0 Å². The van der Waals surface area contributed by atoms with Crippen molar-refractivity contribution in [2.45, 2.75) is 64.7 Å². The van der Waals surface area contributed by atoms with E-state index in [2.05, 4.69) is 0 Å². The molecule has 2 heterocycles. The Hall–Kier alpha value is -0.915. The Kier molecular flexibility index (Phi) is 3.49. The van der Waals surface area contributed by atoms with E-state index in [1.807, 2.05) is 27.7 Å². The molecule has 1 atom stereocenters. The Morgan fingerprint density at radius 3 is 1.95 bits per heavy atom. The van der Waals surface area contributed by atoms with Crippen LogP contribution in [-0.4, -0.2) is 41.2 Å². The van der Waals surface area contributed by atoms with Crippen LogP contribution >= 0.6 is 0 Å². The van der Waals surface area contributed by atoms with Gasteiger partial charge in [-0.05, 0) is 34.6 Å². The predicted molar refractivity (Wildman–Crippen MR) is 67.7 cm³/mol. The van der Waals surface area contributed by atoms with E-state index >= 15 is 0 Å². The van der Waals surface area contributed by atoms with E-state index in [4.69, 9.17) is 14.1 Å². The molecule has 0 bridgehead atoms. The summed E-state index contributed by atoms with van der Waals surface area (Å²) in [5, 5.41) is 0.829. The highest BCUT2D eigenvalue weighted by Gasteiger charge is 2.54. The number of nitrogens with zero attached hydrogens (tertiary/aromatic N) is 1. The zero-order valence-corrected chi connectivity index (χ0v) is 12.1. The second-order valence-corrected chi connectivity index (χ2v) is 6.02. The van der Waals surface area contributed by atoms with Crippen LogP contribution in [0.4, 0.5) is 0 Å². The van der Waals surface area contributed by atoms with E-state index < -0.39 is 24.3 Å². The lowest BCUT2D eigenvalue weighted by Gasteiger charge is -2.32. The molecule has 2 aliphatic heterocycles. The maximum absolute atomic E-state index is 11.5. The van der Waals surface area contributed by atoms with E-state index in [1.54, 1.807) is 6.92 Å². The van der Waals surface area contributed by atoms with Crippen molar-refractivity contribution >= 4 is 18.9 Å². The molecule has 2 saturated heterocycles. The first-order valence-electron chi connectivity index (χ1n) is 6.52. The van der Waals surface area contributed by atoms with E-state index in [0.29, 0.717) is 0 Å². The molecule has 1 unspecified atom stereocenters. The maximum atomic E-state index is 11.5. The van der Waals surface area contributed by atoms with Gasteiger partial charge in [-0.1, -0.05) is 0 Å². The molecule has 0 saturated carbocycles. The summed E-state index contributed by atoms with van der Waals surface area (Å²) in [6.45, 7) is 9.47. The van der Waals surface area contributed by atoms with Crippen molar-refractivity contribution in [2.75, 3.05) is 0 Å². The quantitative estimate of drug-likeness (QED) is 0.566. The first-order chi connectivity index (χ1) is 8.64. The lowest BCUT2D eigenvalue weighted by Crippen LogP contribution is -2.42. The summed E-state index contributed by atoms with van der Waals surface area (Å²) in [6.07, 6.45) is 0.407. The first kappa shape index (κ1) is 14.5. The summed E-state index contributed by atoms with van der Waals surface area (Å²) in [5.41, 5.74) is -0.928. The summed E-state index contributed by atoms with van der Waals surface area (Å²) in [4.78, 5) is 28.4. The van der Waals surface area contributed by atoms with Gasteiger partial charge in [0.1, 0.15) is 6.00 Å². The van der Waals surface area contributed by atoms with Crippen molar-refractivity contribution < 1.29 is 23.7 Å². The fourth-order valence-corrected chi connectivity index (χ4v) is 1.97. The maximum Gasteiger partial charge on any atom is 0.491 e. The highest BCUT2D eigenvalue weighted by atomic mass is 16.7. The molecule has 2 amide bonds. The number of imide groups is 1. The molecule has 2 rings (SSSR count). The van der Waals surface area contributed by atoms with Crippen LogP contribution in [0.3, 0.4) is 0 Å².